The fraction of sp³-hybridized carbons (Fsp3) is 0.933. The minimum absolute atomic E-state index is 0.127. The van der Waals surface area contributed by atoms with E-state index in [4.69, 9.17) is 0 Å². The number of guanidine groups is 1. The maximum absolute atomic E-state index is 12.3. The zero-order chi connectivity index (χ0) is 16.5. The summed E-state index contributed by atoms with van der Waals surface area (Å²) in [5.41, 5.74) is 0. The van der Waals surface area contributed by atoms with Gasteiger partial charge < -0.3 is 10.6 Å². The van der Waals surface area contributed by atoms with Gasteiger partial charge in [0.25, 0.3) is 0 Å². The lowest BCUT2D eigenvalue weighted by atomic mass is 9.89. The Bertz CT molecular complexity index is 470. The SMILES string of the molecule is CN=C(NCCS(=O)(=O)N1CCSCC1)NCC1CCCCC1. The molecule has 2 rings (SSSR count). The van der Waals surface area contributed by atoms with Gasteiger partial charge in [-0.15, -0.1) is 0 Å². The maximum atomic E-state index is 12.3. The van der Waals surface area contributed by atoms with Crippen LogP contribution in [0.4, 0.5) is 0 Å². The maximum Gasteiger partial charge on any atom is 0.215 e. The topological polar surface area (TPSA) is 73.8 Å². The molecular weight excluding hydrogens is 332 g/mol. The molecule has 0 atom stereocenters. The van der Waals surface area contributed by atoms with E-state index in [0.29, 0.717) is 25.6 Å². The van der Waals surface area contributed by atoms with Gasteiger partial charge in [-0.05, 0) is 18.8 Å². The molecule has 0 aromatic carbocycles. The molecule has 1 aliphatic heterocycles. The van der Waals surface area contributed by atoms with Crippen molar-refractivity contribution in [1.29, 1.82) is 0 Å². The lowest BCUT2D eigenvalue weighted by Gasteiger charge is -2.26. The van der Waals surface area contributed by atoms with E-state index < -0.39 is 10.0 Å². The Labute approximate surface area is 144 Å². The fourth-order valence-electron chi connectivity index (χ4n) is 3.11. The molecule has 0 unspecified atom stereocenters. The number of rotatable bonds is 6. The lowest BCUT2D eigenvalue weighted by molar-refractivity contribution is 0.356. The molecule has 0 aromatic heterocycles. The van der Waals surface area contributed by atoms with Crippen LogP contribution in [0.15, 0.2) is 4.99 Å². The van der Waals surface area contributed by atoms with Crippen LogP contribution in [0.2, 0.25) is 0 Å². The van der Waals surface area contributed by atoms with Crippen molar-refractivity contribution < 1.29 is 8.42 Å². The van der Waals surface area contributed by atoms with Crippen molar-refractivity contribution in [3.8, 4) is 0 Å². The summed E-state index contributed by atoms with van der Waals surface area (Å²) in [5.74, 6) is 3.35. The number of thioether (sulfide) groups is 1. The van der Waals surface area contributed by atoms with E-state index >= 15 is 0 Å². The largest absolute Gasteiger partial charge is 0.356 e. The summed E-state index contributed by atoms with van der Waals surface area (Å²) in [6.07, 6.45) is 6.57. The third-order valence-electron chi connectivity index (χ3n) is 4.52. The van der Waals surface area contributed by atoms with Crippen LogP contribution >= 0.6 is 11.8 Å². The van der Waals surface area contributed by atoms with Crippen molar-refractivity contribution in [1.82, 2.24) is 14.9 Å². The normalized spacial score (nSPS) is 22.0. The number of nitrogens with one attached hydrogen (secondary N) is 2. The highest BCUT2D eigenvalue weighted by Gasteiger charge is 2.23. The summed E-state index contributed by atoms with van der Waals surface area (Å²) in [4.78, 5) is 4.19. The molecule has 1 saturated heterocycles. The van der Waals surface area contributed by atoms with Crippen molar-refractivity contribution in [2.45, 2.75) is 32.1 Å². The van der Waals surface area contributed by atoms with Crippen molar-refractivity contribution in [3.63, 3.8) is 0 Å². The number of sulfonamides is 1. The fourth-order valence-corrected chi connectivity index (χ4v) is 5.60. The molecule has 8 heteroatoms. The van der Waals surface area contributed by atoms with Crippen LogP contribution in [0.5, 0.6) is 0 Å². The number of nitrogens with zero attached hydrogens (tertiary/aromatic N) is 2. The van der Waals surface area contributed by atoms with E-state index in [1.165, 1.54) is 32.1 Å². The number of aliphatic imine (C=N–C) groups is 1. The first-order chi connectivity index (χ1) is 11.1. The molecule has 1 heterocycles. The zero-order valence-corrected chi connectivity index (χ0v) is 15.7. The van der Waals surface area contributed by atoms with Gasteiger partial charge in [-0.1, -0.05) is 19.3 Å². The van der Waals surface area contributed by atoms with Gasteiger partial charge >= 0.3 is 0 Å². The first-order valence-corrected chi connectivity index (χ1v) is 11.4. The van der Waals surface area contributed by atoms with Crippen LogP contribution < -0.4 is 10.6 Å². The Morgan fingerprint density at radius 3 is 2.52 bits per heavy atom. The molecule has 0 spiro atoms. The molecule has 1 aliphatic carbocycles. The summed E-state index contributed by atoms with van der Waals surface area (Å²) in [6, 6.07) is 0. The quantitative estimate of drug-likeness (QED) is 0.547. The van der Waals surface area contributed by atoms with Crippen molar-refractivity contribution >= 4 is 27.7 Å². The second-order valence-electron chi connectivity index (χ2n) is 6.21. The predicted octanol–water partition coefficient (Wildman–Crippen LogP) is 1.11. The van der Waals surface area contributed by atoms with Crippen molar-refractivity contribution in [2.24, 2.45) is 10.9 Å². The Balaban J connectivity index is 1.68. The highest BCUT2D eigenvalue weighted by molar-refractivity contribution is 7.99. The van der Waals surface area contributed by atoms with Crippen molar-refractivity contribution in [2.75, 3.05) is 50.5 Å². The average molecular weight is 363 g/mol. The van der Waals surface area contributed by atoms with Crippen molar-refractivity contribution in [3.05, 3.63) is 0 Å². The highest BCUT2D eigenvalue weighted by atomic mass is 32.2. The molecule has 0 amide bonds. The van der Waals surface area contributed by atoms with E-state index in [0.717, 1.165) is 24.0 Å². The van der Waals surface area contributed by atoms with Gasteiger partial charge in [0.05, 0.1) is 5.75 Å². The second kappa shape index (κ2) is 9.74. The zero-order valence-electron chi connectivity index (χ0n) is 14.1. The minimum atomic E-state index is -3.15. The minimum Gasteiger partial charge on any atom is -0.356 e. The molecule has 134 valence electrons. The molecule has 2 aliphatic rings. The summed E-state index contributed by atoms with van der Waals surface area (Å²) in [7, 11) is -1.42. The number of hydrogen-bond acceptors (Lipinski definition) is 4. The van der Waals surface area contributed by atoms with Crippen LogP contribution in [-0.4, -0.2) is 69.2 Å². The lowest BCUT2D eigenvalue weighted by Crippen LogP contribution is -2.45. The summed E-state index contributed by atoms with van der Waals surface area (Å²) in [5, 5.41) is 6.46. The smallest absolute Gasteiger partial charge is 0.215 e. The van der Waals surface area contributed by atoms with E-state index in [2.05, 4.69) is 15.6 Å². The molecule has 0 aromatic rings. The first-order valence-electron chi connectivity index (χ1n) is 8.62. The Morgan fingerprint density at radius 1 is 1.17 bits per heavy atom. The summed E-state index contributed by atoms with van der Waals surface area (Å²) in [6.45, 7) is 2.61. The van der Waals surface area contributed by atoms with Crippen LogP contribution in [0.3, 0.4) is 0 Å². The molecule has 2 fully saturated rings. The molecule has 2 N–H and O–H groups in total. The summed E-state index contributed by atoms with van der Waals surface area (Å²) < 4.78 is 26.2. The van der Waals surface area contributed by atoms with E-state index in [1.54, 1.807) is 11.4 Å². The Kier molecular flexibility index (Phi) is 7.98. The standard InChI is InChI=1S/C15H30N4O2S2/c1-16-15(18-13-14-5-3-2-4-6-14)17-7-12-23(20,21)19-8-10-22-11-9-19/h14H,2-13H2,1H3,(H2,16,17,18). The van der Waals surface area contributed by atoms with Crippen LogP contribution in [0.1, 0.15) is 32.1 Å². The summed E-state index contributed by atoms with van der Waals surface area (Å²) >= 11 is 1.82. The molecule has 0 bridgehead atoms. The number of hydrogen-bond donors (Lipinski definition) is 2. The Hall–Kier alpha value is -0.470. The first kappa shape index (κ1) is 18.9. The van der Waals surface area contributed by atoms with Crippen LogP contribution in [0.25, 0.3) is 0 Å². The molecule has 0 radical (unpaired) electrons. The molecule has 1 saturated carbocycles. The monoisotopic (exact) mass is 362 g/mol. The van der Waals surface area contributed by atoms with Gasteiger partial charge in [0.1, 0.15) is 0 Å². The third-order valence-corrected chi connectivity index (χ3v) is 7.34. The van der Waals surface area contributed by atoms with Gasteiger partial charge in [-0.3, -0.25) is 4.99 Å². The average Bonchev–Trinajstić information content (AvgIpc) is 2.59. The highest BCUT2D eigenvalue weighted by Crippen LogP contribution is 2.22. The molecular formula is C15H30N4O2S2. The van der Waals surface area contributed by atoms with Gasteiger partial charge in [-0.25, -0.2) is 12.7 Å². The van der Waals surface area contributed by atoms with Crippen LogP contribution in [0, 0.1) is 5.92 Å². The van der Waals surface area contributed by atoms with E-state index in [9.17, 15) is 8.42 Å². The van der Waals surface area contributed by atoms with Gasteiger partial charge in [0.15, 0.2) is 5.96 Å². The van der Waals surface area contributed by atoms with Gasteiger partial charge in [0, 0.05) is 44.7 Å². The van der Waals surface area contributed by atoms with E-state index in [-0.39, 0.29) is 5.75 Å². The predicted molar refractivity (Wildman–Crippen MR) is 98.6 cm³/mol. The van der Waals surface area contributed by atoms with E-state index in [1.807, 2.05) is 11.8 Å². The second-order valence-corrected chi connectivity index (χ2v) is 9.52. The third kappa shape index (κ3) is 6.51. The molecule has 6 nitrogen and oxygen atoms in total. The molecule has 23 heavy (non-hydrogen) atoms. The van der Waals surface area contributed by atoms with Gasteiger partial charge in [0.2, 0.25) is 10.0 Å². The Morgan fingerprint density at radius 2 is 1.87 bits per heavy atom. The van der Waals surface area contributed by atoms with Crippen LogP contribution in [-0.2, 0) is 10.0 Å². The van der Waals surface area contributed by atoms with Gasteiger partial charge in [-0.2, -0.15) is 11.8 Å².